The van der Waals surface area contributed by atoms with Crippen LogP contribution in [0, 0.1) is 0 Å². The van der Waals surface area contributed by atoms with E-state index in [0.29, 0.717) is 6.54 Å². The van der Waals surface area contributed by atoms with Crippen LogP contribution in [0.5, 0.6) is 0 Å². The van der Waals surface area contributed by atoms with Gasteiger partial charge in [0.1, 0.15) is 12.7 Å². The first kappa shape index (κ1) is 15.9. The Bertz CT molecular complexity index is 717. The normalized spacial score (nSPS) is 12.1. The molecule has 1 aromatic heterocycles. The molecule has 5 heteroatoms. The third-order valence-electron chi connectivity index (χ3n) is 3.84. The van der Waals surface area contributed by atoms with Crippen LogP contribution >= 0.6 is 0 Å². The highest BCUT2D eigenvalue weighted by molar-refractivity contribution is 5.87. The van der Waals surface area contributed by atoms with Gasteiger partial charge in [-0.2, -0.15) is 5.10 Å². The molecule has 3 aromatic rings. The van der Waals surface area contributed by atoms with Crippen molar-refractivity contribution in [3.05, 3.63) is 84.4 Å². The topological polar surface area (TPSA) is 59.8 Å². The molecule has 0 spiro atoms. The van der Waals surface area contributed by atoms with Gasteiger partial charge in [-0.3, -0.25) is 9.48 Å². The molecule has 1 amide bonds. The number of aromatic nitrogens is 3. The fraction of sp³-hybridized carbons (Fsp3) is 0.211. The molecule has 0 aliphatic heterocycles. The lowest BCUT2D eigenvalue weighted by molar-refractivity contribution is -0.122. The van der Waals surface area contributed by atoms with E-state index >= 15 is 0 Å². The first-order valence-corrected chi connectivity index (χ1v) is 7.96. The van der Waals surface area contributed by atoms with Gasteiger partial charge in [-0.1, -0.05) is 60.7 Å². The van der Waals surface area contributed by atoms with Crippen molar-refractivity contribution < 1.29 is 4.79 Å². The summed E-state index contributed by atoms with van der Waals surface area (Å²) >= 11 is 0. The van der Waals surface area contributed by atoms with E-state index in [2.05, 4.69) is 15.4 Å². The standard InChI is InChI=1S/C19H20N4O/c1-15(12-23-14-20-13-21-23)22-19(24)18(16-8-4-2-5-9-16)17-10-6-3-7-11-17/h2-11,13-15,18H,12H2,1H3,(H,22,24). The van der Waals surface area contributed by atoms with Gasteiger partial charge in [-0.15, -0.1) is 0 Å². The second kappa shape index (κ2) is 7.55. The summed E-state index contributed by atoms with van der Waals surface area (Å²) in [5.41, 5.74) is 1.96. The molecule has 1 N–H and O–H groups in total. The molecular formula is C19H20N4O. The van der Waals surface area contributed by atoms with E-state index in [1.54, 1.807) is 11.0 Å². The maximum atomic E-state index is 12.9. The Hall–Kier alpha value is -2.95. The predicted octanol–water partition coefficient (Wildman–Crippen LogP) is 2.61. The lowest BCUT2D eigenvalue weighted by Crippen LogP contribution is -2.39. The highest BCUT2D eigenvalue weighted by Gasteiger charge is 2.23. The molecule has 0 radical (unpaired) electrons. The molecule has 0 aliphatic carbocycles. The Balaban J connectivity index is 1.79. The highest BCUT2D eigenvalue weighted by Crippen LogP contribution is 2.24. The number of carbonyl (C=O) groups is 1. The van der Waals surface area contributed by atoms with Crippen molar-refractivity contribution in [3.8, 4) is 0 Å². The van der Waals surface area contributed by atoms with Crippen LogP contribution in [0.4, 0.5) is 0 Å². The molecule has 0 fully saturated rings. The number of rotatable bonds is 6. The smallest absolute Gasteiger partial charge is 0.232 e. The number of carbonyl (C=O) groups excluding carboxylic acids is 1. The summed E-state index contributed by atoms with van der Waals surface area (Å²) in [5.74, 6) is -0.342. The molecule has 1 atom stereocenters. The molecule has 0 aliphatic rings. The number of amides is 1. The van der Waals surface area contributed by atoms with Gasteiger partial charge < -0.3 is 5.32 Å². The average molecular weight is 320 g/mol. The van der Waals surface area contributed by atoms with Crippen molar-refractivity contribution in [2.75, 3.05) is 0 Å². The lowest BCUT2D eigenvalue weighted by atomic mass is 9.90. The largest absolute Gasteiger partial charge is 0.351 e. The van der Waals surface area contributed by atoms with Gasteiger partial charge in [-0.05, 0) is 18.1 Å². The van der Waals surface area contributed by atoms with Gasteiger partial charge in [0.05, 0.1) is 12.5 Å². The lowest BCUT2D eigenvalue weighted by Gasteiger charge is -2.21. The van der Waals surface area contributed by atoms with Crippen LogP contribution in [0.3, 0.4) is 0 Å². The average Bonchev–Trinajstić information content (AvgIpc) is 3.10. The zero-order valence-electron chi connectivity index (χ0n) is 13.5. The van der Waals surface area contributed by atoms with E-state index in [0.717, 1.165) is 11.1 Å². The van der Waals surface area contributed by atoms with Gasteiger partial charge in [0, 0.05) is 6.04 Å². The van der Waals surface area contributed by atoms with Crippen LogP contribution in [0.1, 0.15) is 24.0 Å². The molecule has 1 heterocycles. The van der Waals surface area contributed by atoms with Crippen LogP contribution in [-0.4, -0.2) is 26.7 Å². The molecule has 1 unspecified atom stereocenters. The van der Waals surface area contributed by atoms with Crippen molar-refractivity contribution >= 4 is 5.91 Å². The Labute approximate surface area is 141 Å². The molecule has 0 saturated heterocycles. The first-order valence-electron chi connectivity index (χ1n) is 7.96. The van der Waals surface area contributed by atoms with E-state index in [9.17, 15) is 4.79 Å². The quantitative estimate of drug-likeness (QED) is 0.759. The van der Waals surface area contributed by atoms with Gasteiger partial charge in [0.25, 0.3) is 0 Å². The Kier molecular flexibility index (Phi) is 5.01. The second-order valence-electron chi connectivity index (χ2n) is 5.78. The third-order valence-corrected chi connectivity index (χ3v) is 3.84. The van der Waals surface area contributed by atoms with Gasteiger partial charge in [0.15, 0.2) is 0 Å². The van der Waals surface area contributed by atoms with Crippen LogP contribution < -0.4 is 5.32 Å². The summed E-state index contributed by atoms with van der Waals surface area (Å²) in [6.45, 7) is 2.55. The van der Waals surface area contributed by atoms with Gasteiger partial charge in [0.2, 0.25) is 5.91 Å². The minimum absolute atomic E-state index is 0.0139. The summed E-state index contributed by atoms with van der Waals surface area (Å²) in [5, 5.41) is 7.17. The zero-order chi connectivity index (χ0) is 16.8. The summed E-state index contributed by atoms with van der Waals surface area (Å²) in [6.07, 6.45) is 3.14. The molecule has 0 saturated carbocycles. The monoisotopic (exact) mass is 320 g/mol. The van der Waals surface area contributed by atoms with Crippen LogP contribution in [0.2, 0.25) is 0 Å². The molecule has 122 valence electrons. The number of benzene rings is 2. The molecule has 0 bridgehead atoms. The molecular weight excluding hydrogens is 300 g/mol. The maximum absolute atomic E-state index is 12.9. The minimum atomic E-state index is -0.328. The number of nitrogens with zero attached hydrogens (tertiary/aromatic N) is 3. The van der Waals surface area contributed by atoms with Gasteiger partial charge in [-0.25, -0.2) is 4.98 Å². The first-order chi connectivity index (χ1) is 11.7. The number of hydrogen-bond donors (Lipinski definition) is 1. The van der Waals surface area contributed by atoms with Crippen molar-refractivity contribution in [2.24, 2.45) is 0 Å². The second-order valence-corrected chi connectivity index (χ2v) is 5.78. The molecule has 3 rings (SSSR count). The minimum Gasteiger partial charge on any atom is -0.351 e. The molecule has 5 nitrogen and oxygen atoms in total. The third kappa shape index (κ3) is 3.87. The van der Waals surface area contributed by atoms with Crippen LogP contribution in [-0.2, 0) is 11.3 Å². The summed E-state index contributed by atoms with van der Waals surface area (Å²) in [4.78, 5) is 16.9. The Morgan fingerprint density at radius 3 is 2.12 bits per heavy atom. The number of hydrogen-bond acceptors (Lipinski definition) is 3. The highest BCUT2D eigenvalue weighted by atomic mass is 16.1. The summed E-state index contributed by atoms with van der Waals surface area (Å²) in [7, 11) is 0. The van der Waals surface area contributed by atoms with Crippen molar-refractivity contribution in [1.29, 1.82) is 0 Å². The fourth-order valence-corrected chi connectivity index (χ4v) is 2.77. The van der Waals surface area contributed by atoms with Crippen molar-refractivity contribution in [3.63, 3.8) is 0 Å². The van der Waals surface area contributed by atoms with Crippen molar-refractivity contribution in [2.45, 2.75) is 25.4 Å². The fourth-order valence-electron chi connectivity index (χ4n) is 2.77. The van der Waals surface area contributed by atoms with E-state index < -0.39 is 0 Å². The van der Waals surface area contributed by atoms with Crippen LogP contribution in [0.15, 0.2) is 73.3 Å². The van der Waals surface area contributed by atoms with E-state index in [4.69, 9.17) is 0 Å². The van der Waals surface area contributed by atoms with Gasteiger partial charge >= 0.3 is 0 Å². The van der Waals surface area contributed by atoms with Crippen LogP contribution in [0.25, 0.3) is 0 Å². The van der Waals surface area contributed by atoms with E-state index in [1.807, 2.05) is 67.6 Å². The maximum Gasteiger partial charge on any atom is 0.232 e. The SMILES string of the molecule is CC(Cn1cncn1)NC(=O)C(c1ccccc1)c1ccccc1. The van der Waals surface area contributed by atoms with Crippen molar-refractivity contribution in [1.82, 2.24) is 20.1 Å². The Morgan fingerprint density at radius 2 is 1.62 bits per heavy atom. The Morgan fingerprint density at radius 1 is 1.04 bits per heavy atom. The number of nitrogens with one attached hydrogen (secondary N) is 1. The zero-order valence-corrected chi connectivity index (χ0v) is 13.5. The van der Waals surface area contributed by atoms with E-state index in [1.165, 1.54) is 6.33 Å². The summed E-state index contributed by atoms with van der Waals surface area (Å²) < 4.78 is 1.71. The molecule has 2 aromatic carbocycles. The predicted molar refractivity (Wildman–Crippen MR) is 92.4 cm³/mol. The molecule has 24 heavy (non-hydrogen) atoms. The summed E-state index contributed by atoms with van der Waals surface area (Å²) in [6, 6.07) is 19.6. The van der Waals surface area contributed by atoms with E-state index in [-0.39, 0.29) is 17.9 Å².